The molecule has 0 unspecified atom stereocenters. The molecule has 0 spiro atoms. The van der Waals surface area contributed by atoms with Gasteiger partial charge >= 0.3 is 0 Å². The van der Waals surface area contributed by atoms with E-state index in [1.165, 1.54) is 17.1 Å². The van der Waals surface area contributed by atoms with Gasteiger partial charge in [0.15, 0.2) is 5.11 Å². The van der Waals surface area contributed by atoms with Crippen molar-refractivity contribution in [1.29, 1.82) is 0 Å². The molecule has 7 nitrogen and oxygen atoms in total. The number of amides is 1. The van der Waals surface area contributed by atoms with Crippen LogP contribution >= 0.6 is 12.2 Å². The Balaban J connectivity index is 1.83. The van der Waals surface area contributed by atoms with Gasteiger partial charge in [-0.05, 0) is 43.4 Å². The maximum atomic E-state index is 12.8. The maximum absolute atomic E-state index is 12.8. The second-order valence-corrected chi connectivity index (χ2v) is 5.99. The van der Waals surface area contributed by atoms with E-state index in [0.717, 1.165) is 5.69 Å². The standard InChI is InChI=1S/C18H17N5O2S/c1-12-15(17(25)23(22(12)2)14-6-4-3-5-7-14)20-18(26)21-16(24)13-8-10-19-11-9-13/h3-11H,1-2H3,(H2,20,21,24,26). The second-order valence-electron chi connectivity index (χ2n) is 5.58. The molecule has 0 aliphatic carbocycles. The predicted molar refractivity (Wildman–Crippen MR) is 104 cm³/mol. The van der Waals surface area contributed by atoms with Gasteiger partial charge in [-0.25, -0.2) is 4.68 Å². The highest BCUT2D eigenvalue weighted by Gasteiger charge is 2.17. The lowest BCUT2D eigenvalue weighted by molar-refractivity contribution is 0.0977. The molecule has 0 atom stereocenters. The summed E-state index contributed by atoms with van der Waals surface area (Å²) in [5.74, 6) is -0.373. The summed E-state index contributed by atoms with van der Waals surface area (Å²) in [6, 6.07) is 12.4. The number of hydrogen-bond acceptors (Lipinski definition) is 4. The number of carbonyl (C=O) groups excluding carboxylic acids is 1. The third-order valence-electron chi connectivity index (χ3n) is 3.96. The van der Waals surface area contributed by atoms with Crippen LogP contribution in [0.3, 0.4) is 0 Å². The number of pyridine rings is 1. The highest BCUT2D eigenvalue weighted by Crippen LogP contribution is 2.13. The molecule has 26 heavy (non-hydrogen) atoms. The van der Waals surface area contributed by atoms with Crippen LogP contribution in [-0.4, -0.2) is 25.4 Å². The Morgan fingerprint density at radius 2 is 1.77 bits per heavy atom. The van der Waals surface area contributed by atoms with Gasteiger partial charge < -0.3 is 5.32 Å². The van der Waals surface area contributed by atoms with Crippen molar-refractivity contribution in [3.05, 3.63) is 76.5 Å². The minimum Gasteiger partial charge on any atom is -0.326 e. The van der Waals surface area contributed by atoms with Crippen LogP contribution < -0.4 is 16.2 Å². The first kappa shape index (κ1) is 17.6. The molecule has 2 N–H and O–H groups in total. The van der Waals surface area contributed by atoms with Crippen molar-refractivity contribution in [2.24, 2.45) is 7.05 Å². The first-order valence-electron chi connectivity index (χ1n) is 7.85. The van der Waals surface area contributed by atoms with E-state index in [4.69, 9.17) is 12.2 Å². The third kappa shape index (κ3) is 3.40. The zero-order chi connectivity index (χ0) is 18.7. The van der Waals surface area contributed by atoms with E-state index in [0.29, 0.717) is 16.9 Å². The number of nitrogens with zero attached hydrogens (tertiary/aromatic N) is 3. The fraction of sp³-hybridized carbons (Fsp3) is 0.111. The van der Waals surface area contributed by atoms with Crippen LogP contribution in [-0.2, 0) is 7.05 Å². The Morgan fingerprint density at radius 3 is 2.42 bits per heavy atom. The van der Waals surface area contributed by atoms with Crippen molar-refractivity contribution >= 4 is 28.9 Å². The minimum atomic E-state index is -0.373. The molecular formula is C18H17N5O2S. The summed E-state index contributed by atoms with van der Waals surface area (Å²) in [6.45, 7) is 1.80. The summed E-state index contributed by atoms with van der Waals surface area (Å²) in [7, 11) is 1.79. The number of nitrogens with one attached hydrogen (secondary N) is 2. The van der Waals surface area contributed by atoms with Crippen LogP contribution in [0.4, 0.5) is 5.69 Å². The van der Waals surface area contributed by atoms with Crippen LogP contribution in [0.25, 0.3) is 5.69 Å². The van der Waals surface area contributed by atoms with Gasteiger partial charge in [0.2, 0.25) is 0 Å². The molecule has 2 aromatic heterocycles. The number of anilines is 1. The van der Waals surface area contributed by atoms with Gasteiger partial charge in [0.1, 0.15) is 5.69 Å². The van der Waals surface area contributed by atoms with Crippen molar-refractivity contribution < 1.29 is 4.79 Å². The SMILES string of the molecule is Cc1c(NC(=S)NC(=O)c2ccncc2)c(=O)n(-c2ccccc2)n1C. The summed E-state index contributed by atoms with van der Waals surface area (Å²) in [6.07, 6.45) is 3.04. The molecule has 0 fully saturated rings. The lowest BCUT2D eigenvalue weighted by Crippen LogP contribution is -2.35. The zero-order valence-corrected chi connectivity index (χ0v) is 15.1. The lowest BCUT2D eigenvalue weighted by atomic mass is 10.2. The summed E-state index contributed by atoms with van der Waals surface area (Å²) in [5, 5.41) is 5.46. The van der Waals surface area contributed by atoms with Crippen molar-refractivity contribution in [3.8, 4) is 5.69 Å². The van der Waals surface area contributed by atoms with E-state index in [-0.39, 0.29) is 16.6 Å². The van der Waals surface area contributed by atoms with Crippen molar-refractivity contribution in [1.82, 2.24) is 19.7 Å². The maximum Gasteiger partial charge on any atom is 0.295 e. The first-order valence-corrected chi connectivity index (χ1v) is 8.26. The van der Waals surface area contributed by atoms with Crippen LogP contribution in [0, 0.1) is 6.92 Å². The van der Waals surface area contributed by atoms with Gasteiger partial charge in [0.25, 0.3) is 11.5 Å². The molecular weight excluding hydrogens is 350 g/mol. The molecule has 3 aromatic rings. The normalized spacial score (nSPS) is 10.4. The highest BCUT2D eigenvalue weighted by atomic mass is 32.1. The Labute approximate surface area is 155 Å². The van der Waals surface area contributed by atoms with Gasteiger partial charge in [-0.1, -0.05) is 18.2 Å². The van der Waals surface area contributed by atoms with Crippen molar-refractivity contribution in [2.75, 3.05) is 5.32 Å². The molecule has 8 heteroatoms. The average molecular weight is 367 g/mol. The Kier molecular flexibility index (Phi) is 4.94. The van der Waals surface area contributed by atoms with Gasteiger partial charge in [-0.2, -0.15) is 0 Å². The first-order chi connectivity index (χ1) is 12.5. The average Bonchev–Trinajstić information content (AvgIpc) is 2.86. The molecule has 0 saturated heterocycles. The van der Waals surface area contributed by atoms with E-state index in [1.807, 2.05) is 30.3 Å². The molecule has 0 aliphatic heterocycles. The molecule has 0 saturated carbocycles. The summed E-state index contributed by atoms with van der Waals surface area (Å²) in [4.78, 5) is 28.8. The van der Waals surface area contributed by atoms with Crippen LogP contribution in [0.15, 0.2) is 59.7 Å². The zero-order valence-electron chi connectivity index (χ0n) is 14.3. The number of hydrogen-bond donors (Lipinski definition) is 2. The summed E-state index contributed by atoms with van der Waals surface area (Å²) < 4.78 is 3.26. The van der Waals surface area contributed by atoms with Crippen LogP contribution in [0.2, 0.25) is 0 Å². The predicted octanol–water partition coefficient (Wildman–Crippen LogP) is 2.01. The van der Waals surface area contributed by atoms with E-state index in [9.17, 15) is 9.59 Å². The Bertz CT molecular complexity index is 1010. The van der Waals surface area contributed by atoms with E-state index >= 15 is 0 Å². The second kappa shape index (κ2) is 7.32. The number of aromatic nitrogens is 3. The molecule has 132 valence electrons. The molecule has 3 rings (SSSR count). The van der Waals surface area contributed by atoms with E-state index in [1.54, 1.807) is 30.8 Å². The van der Waals surface area contributed by atoms with E-state index < -0.39 is 0 Å². The highest BCUT2D eigenvalue weighted by molar-refractivity contribution is 7.80. The fourth-order valence-electron chi connectivity index (χ4n) is 2.54. The third-order valence-corrected chi connectivity index (χ3v) is 4.17. The monoisotopic (exact) mass is 367 g/mol. The van der Waals surface area contributed by atoms with Crippen LogP contribution in [0.1, 0.15) is 16.1 Å². The fourth-order valence-corrected chi connectivity index (χ4v) is 2.73. The molecule has 0 radical (unpaired) electrons. The van der Waals surface area contributed by atoms with Gasteiger partial charge in [0, 0.05) is 25.0 Å². The molecule has 0 aliphatic rings. The number of benzene rings is 1. The smallest absolute Gasteiger partial charge is 0.295 e. The minimum absolute atomic E-state index is 0.0535. The quantitative estimate of drug-likeness (QED) is 0.692. The number of para-hydroxylation sites is 1. The molecule has 2 heterocycles. The number of carbonyl (C=O) groups is 1. The summed E-state index contributed by atoms with van der Waals surface area (Å²) >= 11 is 5.18. The number of rotatable bonds is 3. The molecule has 1 aromatic carbocycles. The van der Waals surface area contributed by atoms with Gasteiger partial charge in [0.05, 0.1) is 11.4 Å². The van der Waals surface area contributed by atoms with Crippen LogP contribution in [0.5, 0.6) is 0 Å². The topological polar surface area (TPSA) is 81.0 Å². The Morgan fingerprint density at radius 1 is 1.12 bits per heavy atom. The number of thiocarbonyl (C=S) groups is 1. The van der Waals surface area contributed by atoms with Gasteiger partial charge in [-0.3, -0.25) is 24.6 Å². The molecule has 0 bridgehead atoms. The van der Waals surface area contributed by atoms with E-state index in [2.05, 4.69) is 15.6 Å². The molecule has 1 amide bonds. The van der Waals surface area contributed by atoms with Crippen molar-refractivity contribution in [3.63, 3.8) is 0 Å². The van der Waals surface area contributed by atoms with Crippen molar-refractivity contribution in [2.45, 2.75) is 6.92 Å². The Hall–Kier alpha value is -3.26. The largest absolute Gasteiger partial charge is 0.326 e. The van der Waals surface area contributed by atoms with Gasteiger partial charge in [-0.15, -0.1) is 0 Å². The lowest BCUT2D eigenvalue weighted by Gasteiger charge is -2.08. The summed E-state index contributed by atoms with van der Waals surface area (Å²) in [5.41, 5.74) is 1.92.